The van der Waals surface area contributed by atoms with E-state index in [-0.39, 0.29) is 18.7 Å². The lowest BCUT2D eigenvalue weighted by Crippen LogP contribution is -2.52. The van der Waals surface area contributed by atoms with E-state index in [2.05, 4.69) is 5.32 Å². The highest BCUT2D eigenvalue weighted by atomic mass is 16.5. The molecule has 0 aliphatic carbocycles. The quantitative estimate of drug-likeness (QED) is 0.728. The fraction of sp³-hybridized carbons (Fsp3) is 0.533. The minimum atomic E-state index is -1.02. The van der Waals surface area contributed by atoms with E-state index in [0.717, 1.165) is 5.56 Å². The predicted octanol–water partition coefficient (Wildman–Crippen LogP) is 1.33. The van der Waals surface area contributed by atoms with Crippen LogP contribution in [-0.2, 0) is 24.5 Å². The first-order chi connectivity index (χ1) is 9.60. The van der Waals surface area contributed by atoms with Crippen LogP contribution in [-0.4, -0.2) is 46.6 Å². The van der Waals surface area contributed by atoms with Gasteiger partial charge in [-0.1, -0.05) is 30.3 Å². The number of benzene rings is 1. The highest BCUT2D eigenvalue weighted by molar-refractivity contribution is 5.82. The number of methoxy groups -OCH3 is 2. The molecule has 0 spiro atoms. The van der Waals surface area contributed by atoms with Gasteiger partial charge in [-0.15, -0.1) is 0 Å². The number of likely N-dealkylation sites (N-methyl/N-ethyl adjacent to an activating group) is 1. The van der Waals surface area contributed by atoms with Crippen molar-refractivity contribution in [3.8, 4) is 0 Å². The van der Waals surface area contributed by atoms with Gasteiger partial charge < -0.3 is 14.2 Å². The minimum Gasteiger partial charge on any atom is -0.467 e. The van der Waals surface area contributed by atoms with Gasteiger partial charge >= 0.3 is 5.97 Å². The first-order valence-corrected chi connectivity index (χ1v) is 6.54. The Morgan fingerprint density at radius 3 is 2.45 bits per heavy atom. The van der Waals surface area contributed by atoms with Crippen LogP contribution in [0.1, 0.15) is 12.5 Å². The van der Waals surface area contributed by atoms with Crippen LogP contribution in [0, 0.1) is 0 Å². The van der Waals surface area contributed by atoms with Crippen LogP contribution >= 0.6 is 0 Å². The largest absolute Gasteiger partial charge is 0.467 e. The van der Waals surface area contributed by atoms with Crippen molar-refractivity contribution in [1.29, 1.82) is 0 Å². The molecule has 1 aromatic rings. The van der Waals surface area contributed by atoms with Crippen molar-refractivity contribution >= 4 is 5.97 Å². The van der Waals surface area contributed by atoms with Crippen molar-refractivity contribution < 1.29 is 19.0 Å². The van der Waals surface area contributed by atoms with Crippen LogP contribution in [0.15, 0.2) is 30.3 Å². The van der Waals surface area contributed by atoms with Crippen LogP contribution < -0.4 is 5.32 Å². The Balaban J connectivity index is 2.98. The first-order valence-electron chi connectivity index (χ1n) is 6.54. The number of esters is 1. The molecule has 1 rings (SSSR count). The minimum absolute atomic E-state index is 0.110. The molecule has 0 heterocycles. The maximum absolute atomic E-state index is 12.2. The van der Waals surface area contributed by atoms with E-state index >= 15 is 0 Å². The molecule has 1 aromatic carbocycles. The van der Waals surface area contributed by atoms with Crippen molar-refractivity contribution in [2.45, 2.75) is 18.6 Å². The van der Waals surface area contributed by atoms with E-state index in [1.807, 2.05) is 37.3 Å². The topological polar surface area (TPSA) is 56.8 Å². The maximum atomic E-state index is 12.2. The Morgan fingerprint density at radius 1 is 1.30 bits per heavy atom. The lowest BCUT2D eigenvalue weighted by molar-refractivity contribution is -0.153. The second-order valence-corrected chi connectivity index (χ2v) is 4.59. The van der Waals surface area contributed by atoms with Gasteiger partial charge in [0.2, 0.25) is 0 Å². The molecule has 0 fully saturated rings. The molecule has 0 amide bonds. The average molecular weight is 281 g/mol. The van der Waals surface area contributed by atoms with Gasteiger partial charge in [0.25, 0.3) is 0 Å². The number of rotatable bonds is 8. The lowest BCUT2D eigenvalue weighted by Gasteiger charge is -2.32. The van der Waals surface area contributed by atoms with Gasteiger partial charge in [-0.3, -0.25) is 5.32 Å². The van der Waals surface area contributed by atoms with Gasteiger partial charge in [0.1, 0.15) is 0 Å². The van der Waals surface area contributed by atoms with Gasteiger partial charge in [0.15, 0.2) is 5.54 Å². The molecule has 0 bridgehead atoms. The van der Waals surface area contributed by atoms with Gasteiger partial charge in [0.05, 0.1) is 26.4 Å². The van der Waals surface area contributed by atoms with E-state index in [4.69, 9.17) is 14.2 Å². The molecule has 112 valence electrons. The fourth-order valence-electron chi connectivity index (χ4n) is 2.03. The van der Waals surface area contributed by atoms with E-state index in [9.17, 15) is 4.79 Å². The zero-order valence-electron chi connectivity index (χ0n) is 12.5. The molecule has 0 saturated heterocycles. The normalized spacial score (nSPS) is 15.4. The van der Waals surface area contributed by atoms with Crippen molar-refractivity contribution in [3.63, 3.8) is 0 Å². The van der Waals surface area contributed by atoms with Crippen LogP contribution in [0.2, 0.25) is 0 Å². The zero-order chi connectivity index (χ0) is 15.0. The number of nitrogens with one attached hydrogen (secondary N) is 1. The Kier molecular flexibility index (Phi) is 6.64. The number of hydrogen-bond acceptors (Lipinski definition) is 5. The fourth-order valence-corrected chi connectivity index (χ4v) is 2.03. The molecule has 0 aromatic heterocycles. The molecule has 0 radical (unpaired) electrons. The molecule has 0 saturated carbocycles. The standard InChI is InChI=1S/C15H23NO4/c1-12(10-18-3)20-11-15(16-2,14(17)19-4)13-8-6-5-7-9-13/h5-9,12,16H,10-11H2,1-4H3. The molecule has 5 nitrogen and oxygen atoms in total. The summed E-state index contributed by atoms with van der Waals surface area (Å²) in [6, 6.07) is 9.40. The van der Waals surface area contributed by atoms with Gasteiger partial charge in [0, 0.05) is 7.11 Å². The number of hydrogen-bond donors (Lipinski definition) is 1. The average Bonchev–Trinajstić information content (AvgIpc) is 2.49. The number of ether oxygens (including phenoxy) is 3. The van der Waals surface area contributed by atoms with Gasteiger partial charge in [-0.05, 0) is 19.5 Å². The molecule has 2 atom stereocenters. The van der Waals surface area contributed by atoms with Gasteiger partial charge in [-0.2, -0.15) is 0 Å². The molecule has 1 N–H and O–H groups in total. The SMILES string of the molecule is CNC(COC(C)COC)(C(=O)OC)c1ccccc1. The van der Waals surface area contributed by atoms with E-state index in [0.29, 0.717) is 6.61 Å². The molecular weight excluding hydrogens is 258 g/mol. The van der Waals surface area contributed by atoms with Crippen molar-refractivity contribution in [3.05, 3.63) is 35.9 Å². The third kappa shape index (κ3) is 3.79. The van der Waals surface area contributed by atoms with Crippen molar-refractivity contribution in [1.82, 2.24) is 5.32 Å². The Morgan fingerprint density at radius 2 is 1.95 bits per heavy atom. The number of carbonyl (C=O) groups excluding carboxylic acids is 1. The van der Waals surface area contributed by atoms with Gasteiger partial charge in [-0.25, -0.2) is 4.79 Å². The zero-order valence-corrected chi connectivity index (χ0v) is 12.5. The van der Waals surface area contributed by atoms with Crippen LogP contribution in [0.3, 0.4) is 0 Å². The molecule has 0 aliphatic heterocycles. The van der Waals surface area contributed by atoms with Crippen molar-refractivity contribution in [2.75, 3.05) is 34.5 Å². The highest BCUT2D eigenvalue weighted by Crippen LogP contribution is 2.23. The summed E-state index contributed by atoms with van der Waals surface area (Å²) in [5, 5.41) is 3.04. The lowest BCUT2D eigenvalue weighted by atomic mass is 9.91. The summed E-state index contributed by atoms with van der Waals surface area (Å²) in [5.74, 6) is -0.379. The van der Waals surface area contributed by atoms with Crippen LogP contribution in [0.4, 0.5) is 0 Å². The van der Waals surface area contributed by atoms with E-state index in [1.54, 1.807) is 14.2 Å². The first kappa shape index (κ1) is 16.6. The highest BCUT2D eigenvalue weighted by Gasteiger charge is 2.40. The Labute approximate surface area is 120 Å². The van der Waals surface area contributed by atoms with E-state index < -0.39 is 5.54 Å². The second kappa shape index (κ2) is 7.99. The Hall–Kier alpha value is -1.43. The summed E-state index contributed by atoms with van der Waals surface area (Å²) < 4.78 is 15.7. The Bertz CT molecular complexity index is 410. The summed E-state index contributed by atoms with van der Waals surface area (Å²) in [4.78, 5) is 12.2. The molecule has 2 unspecified atom stereocenters. The summed E-state index contributed by atoms with van der Waals surface area (Å²) in [7, 11) is 4.70. The monoisotopic (exact) mass is 281 g/mol. The molecule has 0 aliphatic rings. The summed E-state index contributed by atoms with van der Waals surface area (Å²) in [6.07, 6.45) is -0.110. The molecule has 5 heteroatoms. The van der Waals surface area contributed by atoms with Crippen LogP contribution in [0.25, 0.3) is 0 Å². The molecular formula is C15H23NO4. The summed E-state index contributed by atoms with van der Waals surface area (Å²) in [5.41, 5.74) is -0.211. The summed E-state index contributed by atoms with van der Waals surface area (Å²) >= 11 is 0. The third-order valence-electron chi connectivity index (χ3n) is 3.21. The smallest absolute Gasteiger partial charge is 0.333 e. The molecule has 20 heavy (non-hydrogen) atoms. The van der Waals surface area contributed by atoms with Crippen LogP contribution in [0.5, 0.6) is 0 Å². The maximum Gasteiger partial charge on any atom is 0.333 e. The second-order valence-electron chi connectivity index (χ2n) is 4.59. The third-order valence-corrected chi connectivity index (χ3v) is 3.21. The number of carbonyl (C=O) groups is 1. The summed E-state index contributed by atoms with van der Waals surface area (Å²) in [6.45, 7) is 2.53. The predicted molar refractivity (Wildman–Crippen MR) is 76.5 cm³/mol. The van der Waals surface area contributed by atoms with E-state index in [1.165, 1.54) is 7.11 Å². The van der Waals surface area contributed by atoms with Crippen molar-refractivity contribution in [2.24, 2.45) is 0 Å².